The molecule has 0 unspecified atom stereocenters. The molecule has 19 heavy (non-hydrogen) atoms. The van der Waals surface area contributed by atoms with Crippen LogP contribution in [0.25, 0.3) is 0 Å². The summed E-state index contributed by atoms with van der Waals surface area (Å²) in [5, 5.41) is 0. The van der Waals surface area contributed by atoms with Crippen molar-refractivity contribution in [2.45, 2.75) is 11.5 Å². The molecule has 8 heteroatoms. The van der Waals surface area contributed by atoms with Crippen LogP contribution in [0.2, 0.25) is 0 Å². The lowest BCUT2D eigenvalue weighted by atomic mass is 10.3. The molecule has 2 rings (SSSR count). The van der Waals surface area contributed by atoms with Crippen molar-refractivity contribution in [1.82, 2.24) is 9.97 Å². The summed E-state index contributed by atoms with van der Waals surface area (Å²) in [6.07, 6.45) is 3.07. The van der Waals surface area contributed by atoms with Crippen LogP contribution < -0.4 is 4.74 Å². The van der Waals surface area contributed by atoms with Gasteiger partial charge in [0.1, 0.15) is 6.61 Å². The predicted octanol–water partition coefficient (Wildman–Crippen LogP) is 2.12. The van der Waals surface area contributed by atoms with E-state index in [9.17, 15) is 12.8 Å². The summed E-state index contributed by atoms with van der Waals surface area (Å²) in [5.74, 6) is -0.537. The van der Waals surface area contributed by atoms with E-state index >= 15 is 0 Å². The number of ether oxygens (including phenoxy) is 1. The summed E-state index contributed by atoms with van der Waals surface area (Å²) in [4.78, 5) is 7.49. The molecule has 0 aliphatic carbocycles. The highest BCUT2D eigenvalue weighted by Gasteiger charge is 2.14. The molecule has 0 saturated carbocycles. The number of rotatable bonds is 4. The lowest BCUT2D eigenvalue weighted by molar-refractivity contribution is 0.280. The van der Waals surface area contributed by atoms with Crippen molar-refractivity contribution < 1.29 is 17.5 Å². The maximum atomic E-state index is 13.6. The van der Waals surface area contributed by atoms with Crippen molar-refractivity contribution in [1.29, 1.82) is 0 Å². The second kappa shape index (κ2) is 5.50. The first-order valence-electron chi connectivity index (χ1n) is 5.10. The number of nitrogens with zero attached hydrogens (tertiary/aromatic N) is 2. The Labute approximate surface area is 113 Å². The topological polar surface area (TPSA) is 69.2 Å². The minimum Gasteiger partial charge on any atom is -0.483 e. The SMILES string of the molecule is O=S(=O)(Cl)c1ccc(OCc2ncccn2)c(F)c1. The van der Waals surface area contributed by atoms with E-state index in [-0.39, 0.29) is 17.3 Å². The Kier molecular flexibility index (Phi) is 3.96. The second-order valence-electron chi connectivity index (χ2n) is 3.48. The van der Waals surface area contributed by atoms with Gasteiger partial charge in [0.2, 0.25) is 0 Å². The molecule has 0 amide bonds. The maximum absolute atomic E-state index is 13.6. The number of hydrogen-bond donors (Lipinski definition) is 0. The summed E-state index contributed by atoms with van der Waals surface area (Å²) >= 11 is 0. The lowest BCUT2D eigenvalue weighted by Gasteiger charge is -2.06. The van der Waals surface area contributed by atoms with Gasteiger partial charge in [-0.1, -0.05) is 0 Å². The van der Waals surface area contributed by atoms with Crippen LogP contribution in [0.4, 0.5) is 4.39 Å². The lowest BCUT2D eigenvalue weighted by Crippen LogP contribution is -2.02. The number of halogens is 2. The number of aromatic nitrogens is 2. The fourth-order valence-electron chi connectivity index (χ4n) is 1.30. The predicted molar refractivity (Wildman–Crippen MR) is 65.8 cm³/mol. The van der Waals surface area contributed by atoms with E-state index in [0.29, 0.717) is 5.82 Å². The van der Waals surface area contributed by atoms with Gasteiger partial charge in [-0.05, 0) is 24.3 Å². The van der Waals surface area contributed by atoms with E-state index in [0.717, 1.165) is 12.1 Å². The highest BCUT2D eigenvalue weighted by Crippen LogP contribution is 2.23. The molecule has 1 heterocycles. The molecule has 0 fully saturated rings. The van der Waals surface area contributed by atoms with E-state index in [1.165, 1.54) is 18.5 Å². The summed E-state index contributed by atoms with van der Waals surface area (Å²) in [6.45, 7) is -0.0231. The van der Waals surface area contributed by atoms with Crippen LogP contribution in [0.5, 0.6) is 5.75 Å². The van der Waals surface area contributed by atoms with Crippen LogP contribution in [-0.4, -0.2) is 18.4 Å². The smallest absolute Gasteiger partial charge is 0.261 e. The van der Waals surface area contributed by atoms with Gasteiger partial charge in [-0.3, -0.25) is 0 Å². The van der Waals surface area contributed by atoms with Crippen LogP contribution >= 0.6 is 10.7 Å². The molecule has 0 radical (unpaired) electrons. The van der Waals surface area contributed by atoms with Gasteiger partial charge in [0.05, 0.1) is 4.90 Å². The first-order chi connectivity index (χ1) is 8.97. The highest BCUT2D eigenvalue weighted by molar-refractivity contribution is 8.13. The molecule has 0 bridgehead atoms. The summed E-state index contributed by atoms with van der Waals surface area (Å²) in [5.41, 5.74) is 0. The van der Waals surface area contributed by atoms with Crippen LogP contribution in [0.3, 0.4) is 0 Å². The summed E-state index contributed by atoms with van der Waals surface area (Å²) < 4.78 is 40.8. The normalized spacial score (nSPS) is 11.3. The Hall–Kier alpha value is -1.73. The largest absolute Gasteiger partial charge is 0.483 e. The zero-order valence-corrected chi connectivity index (χ0v) is 11.0. The van der Waals surface area contributed by atoms with Crippen molar-refractivity contribution in [2.75, 3.05) is 0 Å². The van der Waals surface area contributed by atoms with Gasteiger partial charge in [0.15, 0.2) is 17.4 Å². The van der Waals surface area contributed by atoms with Crippen molar-refractivity contribution >= 4 is 19.7 Å². The third kappa shape index (κ3) is 3.62. The van der Waals surface area contributed by atoms with Crippen molar-refractivity contribution in [3.05, 3.63) is 48.3 Å². The molecule has 0 atom stereocenters. The van der Waals surface area contributed by atoms with E-state index in [4.69, 9.17) is 15.4 Å². The molecule has 0 aliphatic rings. The van der Waals surface area contributed by atoms with Gasteiger partial charge >= 0.3 is 0 Å². The third-order valence-electron chi connectivity index (χ3n) is 2.16. The molecule has 0 spiro atoms. The van der Waals surface area contributed by atoms with E-state index in [2.05, 4.69) is 9.97 Å². The monoisotopic (exact) mass is 302 g/mol. The van der Waals surface area contributed by atoms with Gasteiger partial charge in [0, 0.05) is 23.1 Å². The van der Waals surface area contributed by atoms with E-state index in [1.807, 2.05) is 0 Å². The molecule has 1 aromatic heterocycles. The molecule has 1 aromatic carbocycles. The Balaban J connectivity index is 2.14. The summed E-state index contributed by atoms with van der Waals surface area (Å²) in [7, 11) is 1.14. The van der Waals surface area contributed by atoms with Gasteiger partial charge in [0.25, 0.3) is 9.05 Å². The molecular weight excluding hydrogens is 295 g/mol. The van der Waals surface area contributed by atoms with E-state index in [1.54, 1.807) is 6.07 Å². The minimum absolute atomic E-state index is 0.0231. The average Bonchev–Trinajstić information content (AvgIpc) is 2.37. The zero-order valence-electron chi connectivity index (χ0n) is 9.45. The summed E-state index contributed by atoms with van der Waals surface area (Å²) in [6, 6.07) is 4.79. The highest BCUT2D eigenvalue weighted by atomic mass is 35.7. The molecule has 0 saturated heterocycles. The van der Waals surface area contributed by atoms with Crippen LogP contribution in [0.15, 0.2) is 41.6 Å². The van der Waals surface area contributed by atoms with Crippen molar-refractivity contribution in [2.24, 2.45) is 0 Å². The fraction of sp³-hybridized carbons (Fsp3) is 0.0909. The Bertz CT molecular complexity index is 680. The molecule has 2 aromatic rings. The minimum atomic E-state index is -3.96. The Morgan fingerprint density at radius 2 is 1.95 bits per heavy atom. The molecule has 0 aliphatic heterocycles. The van der Waals surface area contributed by atoms with Crippen LogP contribution in [0, 0.1) is 5.82 Å². The molecular formula is C11H8ClFN2O3S. The first kappa shape index (κ1) is 13.7. The molecule has 0 N–H and O–H groups in total. The van der Waals surface area contributed by atoms with Crippen LogP contribution in [-0.2, 0) is 15.7 Å². The second-order valence-corrected chi connectivity index (χ2v) is 6.05. The zero-order chi connectivity index (χ0) is 13.9. The first-order valence-corrected chi connectivity index (χ1v) is 7.40. The van der Waals surface area contributed by atoms with Crippen LogP contribution in [0.1, 0.15) is 5.82 Å². The maximum Gasteiger partial charge on any atom is 0.261 e. The standard InChI is InChI=1S/C11H8ClFN2O3S/c12-19(16,17)8-2-3-10(9(13)6-8)18-7-11-14-4-1-5-15-11/h1-6H,7H2. The molecule has 100 valence electrons. The van der Waals surface area contributed by atoms with Gasteiger partial charge in [-0.2, -0.15) is 0 Å². The molecule has 5 nitrogen and oxygen atoms in total. The van der Waals surface area contributed by atoms with Gasteiger partial charge in [-0.25, -0.2) is 22.8 Å². The average molecular weight is 303 g/mol. The van der Waals surface area contributed by atoms with Gasteiger partial charge < -0.3 is 4.74 Å². The van der Waals surface area contributed by atoms with Crippen molar-refractivity contribution in [3.63, 3.8) is 0 Å². The van der Waals surface area contributed by atoms with E-state index < -0.39 is 14.9 Å². The number of hydrogen-bond acceptors (Lipinski definition) is 5. The quantitative estimate of drug-likeness (QED) is 0.809. The Morgan fingerprint density at radius 1 is 1.26 bits per heavy atom. The fourth-order valence-corrected chi connectivity index (χ4v) is 2.06. The Morgan fingerprint density at radius 3 is 2.53 bits per heavy atom. The van der Waals surface area contributed by atoms with Crippen molar-refractivity contribution in [3.8, 4) is 5.75 Å². The number of benzene rings is 1. The third-order valence-corrected chi connectivity index (χ3v) is 3.51. The van der Waals surface area contributed by atoms with Gasteiger partial charge in [-0.15, -0.1) is 0 Å².